The summed E-state index contributed by atoms with van der Waals surface area (Å²) < 4.78 is 13.4. The third kappa shape index (κ3) is 2.65. The summed E-state index contributed by atoms with van der Waals surface area (Å²) in [5, 5.41) is 14.7. The fourth-order valence-corrected chi connectivity index (χ4v) is 2.18. The molecule has 0 aliphatic carbocycles. The summed E-state index contributed by atoms with van der Waals surface area (Å²) >= 11 is 1.51. The molecule has 0 saturated carbocycles. The minimum Gasteiger partial charge on any atom is -0.478 e. The lowest BCUT2D eigenvalue weighted by Gasteiger charge is -2.08. The van der Waals surface area contributed by atoms with Gasteiger partial charge in [-0.05, 0) is 19.1 Å². The molecule has 1 aromatic heterocycles. The van der Waals surface area contributed by atoms with Crippen molar-refractivity contribution in [2.75, 3.05) is 5.32 Å². The second-order valence-corrected chi connectivity index (χ2v) is 4.74. The Bertz CT molecular complexity index is 583. The minimum atomic E-state index is -1.29. The lowest BCUT2D eigenvalue weighted by molar-refractivity contribution is 0.0693. The Labute approximate surface area is 107 Å². The molecule has 4 nitrogen and oxygen atoms in total. The van der Waals surface area contributed by atoms with E-state index in [1.165, 1.54) is 23.5 Å². The number of benzene rings is 1. The smallest absolute Gasteiger partial charge is 0.340 e. The summed E-state index contributed by atoms with van der Waals surface area (Å²) in [6, 6.07) is 4.13. The van der Waals surface area contributed by atoms with Crippen LogP contribution in [0.2, 0.25) is 0 Å². The van der Waals surface area contributed by atoms with Crippen molar-refractivity contribution >= 4 is 23.0 Å². The van der Waals surface area contributed by atoms with Gasteiger partial charge in [-0.1, -0.05) is 6.07 Å². The molecule has 6 heteroatoms. The number of carbonyl (C=O) groups is 1. The van der Waals surface area contributed by atoms with Crippen molar-refractivity contribution < 1.29 is 14.3 Å². The molecule has 1 heterocycles. The zero-order chi connectivity index (χ0) is 13.1. The van der Waals surface area contributed by atoms with Gasteiger partial charge in [-0.3, -0.25) is 0 Å². The molecule has 0 fully saturated rings. The first-order chi connectivity index (χ1) is 8.58. The molecule has 0 aliphatic heterocycles. The van der Waals surface area contributed by atoms with E-state index >= 15 is 0 Å². The van der Waals surface area contributed by atoms with E-state index in [1.54, 1.807) is 0 Å². The number of halogens is 1. The number of nitrogens with one attached hydrogen (secondary N) is 1. The zero-order valence-corrected chi connectivity index (χ0v) is 10.4. The normalized spacial score (nSPS) is 10.3. The second kappa shape index (κ2) is 5.14. The average molecular weight is 266 g/mol. The van der Waals surface area contributed by atoms with Gasteiger partial charge in [0.15, 0.2) is 0 Å². The van der Waals surface area contributed by atoms with Gasteiger partial charge in [0.25, 0.3) is 0 Å². The van der Waals surface area contributed by atoms with Gasteiger partial charge in [-0.2, -0.15) is 0 Å². The minimum absolute atomic E-state index is 0.258. The molecule has 2 rings (SSSR count). The number of aromatic nitrogens is 1. The highest BCUT2D eigenvalue weighted by atomic mass is 32.1. The number of aryl methyl sites for hydroxylation is 1. The van der Waals surface area contributed by atoms with Gasteiger partial charge in [0, 0.05) is 5.38 Å². The van der Waals surface area contributed by atoms with Gasteiger partial charge < -0.3 is 10.4 Å². The first-order valence-corrected chi connectivity index (χ1v) is 6.12. The van der Waals surface area contributed by atoms with Gasteiger partial charge in [0.1, 0.15) is 11.4 Å². The van der Waals surface area contributed by atoms with Gasteiger partial charge in [-0.15, -0.1) is 11.3 Å². The predicted octanol–water partition coefficient (Wildman–Crippen LogP) is 2.90. The Balaban J connectivity index is 2.19. The van der Waals surface area contributed by atoms with Crippen molar-refractivity contribution in [1.29, 1.82) is 0 Å². The molecule has 1 aromatic carbocycles. The van der Waals surface area contributed by atoms with E-state index in [0.29, 0.717) is 6.54 Å². The molecule has 94 valence electrons. The van der Waals surface area contributed by atoms with Crippen LogP contribution in [0.1, 0.15) is 21.1 Å². The Morgan fingerprint density at radius 1 is 1.56 bits per heavy atom. The summed E-state index contributed by atoms with van der Waals surface area (Å²) in [6.07, 6.45) is 0. The summed E-state index contributed by atoms with van der Waals surface area (Å²) in [5.74, 6) is -2.04. The molecule has 0 spiro atoms. The largest absolute Gasteiger partial charge is 0.478 e. The number of anilines is 1. The van der Waals surface area contributed by atoms with Crippen LogP contribution in [-0.4, -0.2) is 16.1 Å². The number of aromatic carboxylic acids is 1. The van der Waals surface area contributed by atoms with Crippen molar-refractivity contribution in [3.8, 4) is 0 Å². The zero-order valence-electron chi connectivity index (χ0n) is 9.61. The van der Waals surface area contributed by atoms with Crippen LogP contribution in [0.3, 0.4) is 0 Å². The fraction of sp³-hybridized carbons (Fsp3) is 0.167. The predicted molar refractivity (Wildman–Crippen MR) is 67.5 cm³/mol. The van der Waals surface area contributed by atoms with Crippen molar-refractivity contribution in [3.63, 3.8) is 0 Å². The molecule has 0 aliphatic rings. The van der Waals surface area contributed by atoms with Crippen LogP contribution in [0.15, 0.2) is 23.6 Å². The number of nitrogens with zero attached hydrogens (tertiary/aromatic N) is 1. The SMILES string of the molecule is Cc1nc(CNc2cccc(F)c2C(=O)O)cs1. The Kier molecular flexibility index (Phi) is 3.57. The molecule has 0 radical (unpaired) electrons. The Hall–Kier alpha value is -1.95. The molecule has 18 heavy (non-hydrogen) atoms. The van der Waals surface area contributed by atoms with Gasteiger partial charge in [0.2, 0.25) is 0 Å². The summed E-state index contributed by atoms with van der Waals surface area (Å²) in [5.41, 5.74) is 0.718. The highest BCUT2D eigenvalue weighted by molar-refractivity contribution is 7.09. The van der Waals surface area contributed by atoms with E-state index < -0.39 is 11.8 Å². The van der Waals surface area contributed by atoms with Crippen molar-refractivity contribution in [2.24, 2.45) is 0 Å². The molecule has 0 amide bonds. The number of thiazole rings is 1. The van der Waals surface area contributed by atoms with E-state index in [2.05, 4.69) is 10.3 Å². The van der Waals surface area contributed by atoms with Gasteiger partial charge in [0.05, 0.1) is 22.9 Å². The quantitative estimate of drug-likeness (QED) is 0.893. The van der Waals surface area contributed by atoms with E-state index in [0.717, 1.165) is 16.8 Å². The molecule has 2 N–H and O–H groups in total. The second-order valence-electron chi connectivity index (χ2n) is 3.68. The van der Waals surface area contributed by atoms with Crippen LogP contribution in [0.5, 0.6) is 0 Å². The Morgan fingerprint density at radius 2 is 2.33 bits per heavy atom. The van der Waals surface area contributed by atoms with Gasteiger partial charge >= 0.3 is 5.97 Å². The van der Waals surface area contributed by atoms with Crippen LogP contribution < -0.4 is 5.32 Å². The topological polar surface area (TPSA) is 62.2 Å². The molecule has 0 atom stereocenters. The van der Waals surface area contributed by atoms with E-state index in [-0.39, 0.29) is 11.3 Å². The van der Waals surface area contributed by atoms with Crippen LogP contribution in [0.4, 0.5) is 10.1 Å². The third-order valence-electron chi connectivity index (χ3n) is 2.35. The standard InChI is InChI=1S/C12H11FN2O2S/c1-7-15-8(6-18-7)5-14-10-4-2-3-9(13)11(10)12(16)17/h2-4,6,14H,5H2,1H3,(H,16,17). The molecular weight excluding hydrogens is 255 g/mol. The first-order valence-electron chi connectivity index (χ1n) is 5.24. The molecule has 0 saturated heterocycles. The fourth-order valence-electron chi connectivity index (χ4n) is 1.56. The van der Waals surface area contributed by atoms with E-state index in [9.17, 15) is 9.18 Å². The van der Waals surface area contributed by atoms with Gasteiger partial charge in [-0.25, -0.2) is 14.2 Å². The number of hydrogen-bond acceptors (Lipinski definition) is 4. The lowest BCUT2D eigenvalue weighted by Crippen LogP contribution is -2.08. The highest BCUT2D eigenvalue weighted by Gasteiger charge is 2.15. The maximum absolute atomic E-state index is 13.4. The van der Waals surface area contributed by atoms with E-state index in [4.69, 9.17) is 5.11 Å². The van der Waals surface area contributed by atoms with Crippen LogP contribution in [0.25, 0.3) is 0 Å². The maximum Gasteiger partial charge on any atom is 0.340 e. The highest BCUT2D eigenvalue weighted by Crippen LogP contribution is 2.20. The van der Waals surface area contributed by atoms with Crippen molar-refractivity contribution in [2.45, 2.75) is 13.5 Å². The first kappa shape index (κ1) is 12.5. The average Bonchev–Trinajstić information content (AvgIpc) is 2.72. The van der Waals surface area contributed by atoms with E-state index in [1.807, 2.05) is 12.3 Å². The molecular formula is C12H11FN2O2S. The van der Waals surface area contributed by atoms with Crippen molar-refractivity contribution in [3.05, 3.63) is 45.7 Å². The van der Waals surface area contributed by atoms with Crippen LogP contribution in [-0.2, 0) is 6.54 Å². The van der Waals surface area contributed by atoms with Crippen LogP contribution >= 0.6 is 11.3 Å². The third-order valence-corrected chi connectivity index (χ3v) is 3.18. The molecule has 0 unspecified atom stereocenters. The number of carboxylic acid groups (broad SMARTS) is 1. The lowest BCUT2D eigenvalue weighted by atomic mass is 10.1. The maximum atomic E-state index is 13.4. The summed E-state index contributed by atoms with van der Waals surface area (Å²) in [4.78, 5) is 15.2. The molecule has 2 aromatic rings. The number of rotatable bonds is 4. The monoisotopic (exact) mass is 266 g/mol. The molecule has 0 bridgehead atoms. The van der Waals surface area contributed by atoms with Crippen LogP contribution in [0, 0.1) is 12.7 Å². The summed E-state index contributed by atoms with van der Waals surface area (Å²) in [7, 11) is 0. The number of hydrogen-bond donors (Lipinski definition) is 2. The van der Waals surface area contributed by atoms with Crippen molar-refractivity contribution in [1.82, 2.24) is 4.98 Å². The summed E-state index contributed by atoms with van der Waals surface area (Å²) in [6.45, 7) is 2.26. The number of carboxylic acids is 1. The Morgan fingerprint density at radius 3 is 2.94 bits per heavy atom.